The van der Waals surface area contributed by atoms with Crippen molar-refractivity contribution in [3.05, 3.63) is 46.5 Å². The zero-order valence-corrected chi connectivity index (χ0v) is 18.2. The van der Waals surface area contributed by atoms with Crippen molar-refractivity contribution in [3.63, 3.8) is 0 Å². The van der Waals surface area contributed by atoms with Crippen LogP contribution in [0.5, 0.6) is 11.5 Å². The van der Waals surface area contributed by atoms with Crippen LogP contribution in [-0.4, -0.2) is 0 Å². The topological polar surface area (TPSA) is 46.1 Å². The molecular weight excluding hydrogens is 362 g/mol. The standard InChI is InChI=1S/C22H26O2.Zn/c1-13-9-17(15-5-3-6-15)11-19(23)21(13)22-14(2)10-18(12-20(22)24)16-7-4-8-16;/h9-12,15-16,23-24H,3-8H2,1-2H3;/q;+2/p-2. The average Bonchev–Trinajstić information content (AvgIpc) is 2.37. The first-order chi connectivity index (χ1) is 11.5. The quantitative estimate of drug-likeness (QED) is 0.722. The van der Waals surface area contributed by atoms with Gasteiger partial charge in [-0.15, -0.1) is 11.5 Å². The monoisotopic (exact) mass is 384 g/mol. The summed E-state index contributed by atoms with van der Waals surface area (Å²) >= 11 is 0. The largest absolute Gasteiger partial charge is 2.00 e. The Hall–Kier alpha value is -1.34. The van der Waals surface area contributed by atoms with Gasteiger partial charge >= 0.3 is 19.5 Å². The van der Waals surface area contributed by atoms with Gasteiger partial charge in [0.15, 0.2) is 0 Å². The van der Waals surface area contributed by atoms with E-state index in [-0.39, 0.29) is 31.0 Å². The Morgan fingerprint density at radius 1 is 0.680 bits per heavy atom. The van der Waals surface area contributed by atoms with E-state index in [0.29, 0.717) is 23.0 Å². The Balaban J connectivity index is 0.00000182. The Morgan fingerprint density at radius 3 is 1.28 bits per heavy atom. The predicted molar refractivity (Wildman–Crippen MR) is 93.4 cm³/mol. The first-order valence-corrected chi connectivity index (χ1v) is 9.18. The van der Waals surface area contributed by atoms with Crippen LogP contribution < -0.4 is 10.2 Å². The van der Waals surface area contributed by atoms with Crippen LogP contribution in [0.1, 0.15) is 72.6 Å². The third-order valence-corrected chi connectivity index (χ3v) is 6.05. The molecule has 25 heavy (non-hydrogen) atoms. The smallest absolute Gasteiger partial charge is 0.872 e. The minimum Gasteiger partial charge on any atom is -0.872 e. The number of hydrogen-bond donors (Lipinski definition) is 0. The summed E-state index contributed by atoms with van der Waals surface area (Å²) in [5.74, 6) is 1.10. The Bertz CT molecular complexity index is 675. The summed E-state index contributed by atoms with van der Waals surface area (Å²) in [6.07, 6.45) is 7.23. The molecule has 0 atom stereocenters. The molecule has 0 N–H and O–H groups in total. The third kappa shape index (κ3) is 3.24. The molecule has 2 aliphatic carbocycles. The van der Waals surface area contributed by atoms with E-state index in [2.05, 4.69) is 12.1 Å². The van der Waals surface area contributed by atoms with Crippen molar-refractivity contribution in [2.24, 2.45) is 0 Å². The molecule has 0 heterocycles. The molecule has 0 spiro atoms. The number of rotatable bonds is 3. The van der Waals surface area contributed by atoms with E-state index in [1.807, 2.05) is 13.8 Å². The molecule has 0 bridgehead atoms. The molecular formula is C22H24O2Zn. The van der Waals surface area contributed by atoms with Crippen molar-refractivity contribution in [3.8, 4) is 22.6 Å². The van der Waals surface area contributed by atoms with E-state index in [9.17, 15) is 10.2 Å². The maximum atomic E-state index is 12.8. The van der Waals surface area contributed by atoms with Gasteiger partial charge in [0.05, 0.1) is 0 Å². The minimum absolute atomic E-state index is 0. The van der Waals surface area contributed by atoms with Gasteiger partial charge in [-0.2, -0.15) is 0 Å². The van der Waals surface area contributed by atoms with E-state index in [4.69, 9.17) is 0 Å². The van der Waals surface area contributed by atoms with Crippen molar-refractivity contribution in [1.82, 2.24) is 0 Å². The van der Waals surface area contributed by atoms with Crippen LogP contribution in [0.25, 0.3) is 11.1 Å². The zero-order valence-electron chi connectivity index (χ0n) is 15.2. The second kappa shape index (κ2) is 7.12. The van der Waals surface area contributed by atoms with Crippen LogP contribution in [0.4, 0.5) is 0 Å². The van der Waals surface area contributed by atoms with Crippen molar-refractivity contribution in [1.29, 1.82) is 0 Å². The van der Waals surface area contributed by atoms with Crippen LogP contribution in [0.2, 0.25) is 0 Å². The van der Waals surface area contributed by atoms with Gasteiger partial charge in [-0.1, -0.05) is 37.1 Å². The van der Waals surface area contributed by atoms with Gasteiger partial charge in [0.1, 0.15) is 0 Å². The van der Waals surface area contributed by atoms with Crippen LogP contribution >= 0.6 is 0 Å². The Labute approximate surface area is 163 Å². The van der Waals surface area contributed by atoms with Crippen LogP contribution in [0, 0.1) is 13.8 Å². The van der Waals surface area contributed by atoms with Gasteiger partial charge in [-0.25, -0.2) is 0 Å². The summed E-state index contributed by atoms with van der Waals surface area (Å²) in [5, 5.41) is 25.5. The van der Waals surface area contributed by atoms with Gasteiger partial charge in [-0.3, -0.25) is 0 Å². The molecule has 3 heteroatoms. The van der Waals surface area contributed by atoms with Crippen LogP contribution in [0.3, 0.4) is 0 Å². The molecule has 2 aliphatic rings. The van der Waals surface area contributed by atoms with Gasteiger partial charge in [0.25, 0.3) is 0 Å². The van der Waals surface area contributed by atoms with E-state index in [1.54, 1.807) is 12.1 Å². The van der Waals surface area contributed by atoms with Crippen molar-refractivity contribution in [2.45, 2.75) is 64.2 Å². The molecule has 0 radical (unpaired) electrons. The fourth-order valence-corrected chi connectivity index (χ4v) is 4.16. The van der Waals surface area contributed by atoms with E-state index < -0.39 is 0 Å². The summed E-state index contributed by atoms with van der Waals surface area (Å²) in [7, 11) is 0. The maximum Gasteiger partial charge on any atom is 2.00 e. The molecule has 0 amide bonds. The number of hydrogen-bond acceptors (Lipinski definition) is 2. The summed E-state index contributed by atoms with van der Waals surface area (Å²) in [6.45, 7) is 3.94. The molecule has 0 aliphatic heterocycles. The fraction of sp³-hybridized carbons (Fsp3) is 0.455. The van der Waals surface area contributed by atoms with E-state index in [1.165, 1.54) is 38.5 Å². The molecule has 126 valence electrons. The van der Waals surface area contributed by atoms with Crippen molar-refractivity contribution in [2.75, 3.05) is 0 Å². The van der Waals surface area contributed by atoms with Gasteiger partial charge < -0.3 is 10.2 Å². The minimum atomic E-state index is 0. The molecule has 0 aromatic heterocycles. The van der Waals surface area contributed by atoms with Crippen molar-refractivity contribution < 1.29 is 29.7 Å². The Morgan fingerprint density at radius 2 is 1.04 bits per heavy atom. The van der Waals surface area contributed by atoms with Crippen LogP contribution in [0.15, 0.2) is 24.3 Å². The molecule has 2 fully saturated rings. The van der Waals surface area contributed by atoms with Crippen LogP contribution in [-0.2, 0) is 19.5 Å². The molecule has 4 rings (SSSR count). The molecule has 0 saturated heterocycles. The zero-order chi connectivity index (χ0) is 16.8. The molecule has 0 unspecified atom stereocenters. The summed E-state index contributed by atoms with van der Waals surface area (Å²) in [4.78, 5) is 0. The summed E-state index contributed by atoms with van der Waals surface area (Å²) in [5.41, 5.74) is 5.43. The van der Waals surface area contributed by atoms with Gasteiger partial charge in [0.2, 0.25) is 0 Å². The molecule has 2 aromatic carbocycles. The Kier molecular flexibility index (Phi) is 5.25. The molecule has 2 aromatic rings. The maximum absolute atomic E-state index is 12.8. The van der Waals surface area contributed by atoms with Gasteiger partial charge in [0, 0.05) is 0 Å². The first-order valence-electron chi connectivity index (χ1n) is 9.18. The van der Waals surface area contributed by atoms with E-state index >= 15 is 0 Å². The normalized spacial score (nSPS) is 17.5. The number of benzene rings is 2. The number of aryl methyl sites for hydroxylation is 2. The molecule has 2 saturated carbocycles. The predicted octanol–water partition coefficient (Wildman–Crippen LogP) is 4.65. The third-order valence-electron chi connectivity index (χ3n) is 6.05. The molecule has 2 nitrogen and oxygen atoms in total. The average molecular weight is 386 g/mol. The summed E-state index contributed by atoms with van der Waals surface area (Å²) in [6, 6.07) is 7.79. The second-order valence-corrected chi connectivity index (χ2v) is 7.68. The fourth-order valence-electron chi connectivity index (χ4n) is 4.16. The first kappa shape index (κ1) is 18.5. The van der Waals surface area contributed by atoms with Crippen molar-refractivity contribution >= 4 is 0 Å². The van der Waals surface area contributed by atoms with Gasteiger partial charge in [-0.05, 0) is 84.7 Å². The summed E-state index contributed by atoms with van der Waals surface area (Å²) < 4.78 is 0. The second-order valence-electron chi connectivity index (χ2n) is 7.68. The van der Waals surface area contributed by atoms with E-state index in [0.717, 1.165) is 22.3 Å². The SMILES string of the molecule is Cc1cc(C2CCC2)cc([O-])c1-c1c(C)cc(C2CCC2)cc1[O-].[Zn+2].